The van der Waals surface area contributed by atoms with Crippen molar-refractivity contribution in [1.82, 2.24) is 9.80 Å². The van der Waals surface area contributed by atoms with E-state index >= 15 is 0 Å². The van der Waals surface area contributed by atoms with E-state index in [-0.39, 0.29) is 24.3 Å². The Bertz CT molecular complexity index is 452. The first-order chi connectivity index (χ1) is 10.5. The van der Waals surface area contributed by atoms with E-state index in [1.54, 1.807) is 11.9 Å². The van der Waals surface area contributed by atoms with Gasteiger partial charge < -0.3 is 14.9 Å². The van der Waals surface area contributed by atoms with E-state index in [0.717, 1.165) is 6.42 Å². The average Bonchev–Trinajstić information content (AvgIpc) is 2.44. The molecule has 1 aliphatic heterocycles. The molecule has 23 heavy (non-hydrogen) atoms. The van der Waals surface area contributed by atoms with E-state index in [1.165, 1.54) is 4.90 Å². The first kappa shape index (κ1) is 19.5. The van der Waals surface area contributed by atoms with Crippen LogP contribution in [0.15, 0.2) is 0 Å². The summed E-state index contributed by atoms with van der Waals surface area (Å²) in [7, 11) is 1.66. The molecule has 132 valence electrons. The fraction of sp³-hybridized carbons (Fsp3) is 0.824. The van der Waals surface area contributed by atoms with Crippen LogP contribution in [-0.4, -0.2) is 59.4 Å². The lowest BCUT2D eigenvalue weighted by Crippen LogP contribution is -2.48. The Morgan fingerprint density at radius 2 is 1.74 bits per heavy atom. The molecule has 1 heterocycles. The first-order valence-corrected chi connectivity index (χ1v) is 8.30. The predicted octanol–water partition coefficient (Wildman–Crippen LogP) is 1.84. The van der Waals surface area contributed by atoms with Crippen molar-refractivity contribution < 1.29 is 19.5 Å². The van der Waals surface area contributed by atoms with Crippen molar-refractivity contribution in [2.24, 2.45) is 17.3 Å². The van der Waals surface area contributed by atoms with Crippen molar-refractivity contribution in [1.29, 1.82) is 0 Å². The smallest absolute Gasteiger partial charge is 0.306 e. The molecule has 0 radical (unpaired) electrons. The highest BCUT2D eigenvalue weighted by Crippen LogP contribution is 2.27. The van der Waals surface area contributed by atoms with Gasteiger partial charge in [-0.1, -0.05) is 27.7 Å². The molecular formula is C17H30N2O4. The van der Waals surface area contributed by atoms with E-state index in [9.17, 15) is 14.4 Å². The van der Waals surface area contributed by atoms with E-state index in [4.69, 9.17) is 5.11 Å². The second-order valence-corrected chi connectivity index (χ2v) is 7.64. The number of rotatable bonds is 6. The van der Waals surface area contributed by atoms with Crippen molar-refractivity contribution in [3.63, 3.8) is 0 Å². The van der Waals surface area contributed by atoms with Gasteiger partial charge in [-0.25, -0.2) is 0 Å². The molecule has 0 unspecified atom stereocenters. The minimum Gasteiger partial charge on any atom is -0.481 e. The monoisotopic (exact) mass is 326 g/mol. The van der Waals surface area contributed by atoms with E-state index in [0.29, 0.717) is 31.8 Å². The summed E-state index contributed by atoms with van der Waals surface area (Å²) < 4.78 is 0. The van der Waals surface area contributed by atoms with Crippen LogP contribution in [0.25, 0.3) is 0 Å². The zero-order valence-electron chi connectivity index (χ0n) is 15.0. The summed E-state index contributed by atoms with van der Waals surface area (Å²) in [5, 5.41) is 8.99. The number of amides is 2. The lowest BCUT2D eigenvalue weighted by Gasteiger charge is -2.34. The Balaban J connectivity index is 2.54. The molecule has 0 aromatic heterocycles. The third-order valence-corrected chi connectivity index (χ3v) is 4.41. The Labute approximate surface area is 138 Å². The van der Waals surface area contributed by atoms with Crippen molar-refractivity contribution in [3.05, 3.63) is 0 Å². The number of piperidine rings is 1. The molecule has 6 nitrogen and oxygen atoms in total. The van der Waals surface area contributed by atoms with E-state index < -0.39 is 11.4 Å². The molecule has 1 aliphatic rings. The zero-order chi connectivity index (χ0) is 17.8. The van der Waals surface area contributed by atoms with Crippen molar-refractivity contribution in [3.8, 4) is 0 Å². The highest BCUT2D eigenvalue weighted by atomic mass is 16.4. The van der Waals surface area contributed by atoms with Crippen LogP contribution in [0, 0.1) is 17.3 Å². The number of likely N-dealkylation sites (N-methyl/N-ethyl adjacent to an activating group) is 1. The Kier molecular flexibility index (Phi) is 6.59. The molecule has 1 saturated heterocycles. The van der Waals surface area contributed by atoms with Gasteiger partial charge in [0.25, 0.3) is 0 Å². The van der Waals surface area contributed by atoms with Gasteiger partial charge >= 0.3 is 5.97 Å². The van der Waals surface area contributed by atoms with Crippen LogP contribution in [0.3, 0.4) is 0 Å². The maximum Gasteiger partial charge on any atom is 0.306 e. The topological polar surface area (TPSA) is 77.9 Å². The third-order valence-electron chi connectivity index (χ3n) is 4.41. The maximum absolute atomic E-state index is 12.5. The molecule has 0 aromatic rings. The molecule has 0 aromatic carbocycles. The summed E-state index contributed by atoms with van der Waals surface area (Å²) >= 11 is 0. The third kappa shape index (κ3) is 5.52. The standard InChI is InChI=1S/C17H30N2O4/c1-12(2)10-17(3,4)16(23)18(5)11-14(20)19-8-6-13(7-9-19)15(21)22/h12-13H,6-11H2,1-5H3,(H,21,22). The molecule has 1 fully saturated rings. The Morgan fingerprint density at radius 3 is 2.17 bits per heavy atom. The zero-order valence-corrected chi connectivity index (χ0v) is 15.0. The van der Waals surface area contributed by atoms with Crippen molar-refractivity contribution >= 4 is 17.8 Å². The molecule has 1 N–H and O–H groups in total. The number of aliphatic carboxylic acids is 1. The normalized spacial score (nSPS) is 16.5. The van der Waals surface area contributed by atoms with Crippen LogP contribution in [0.1, 0.15) is 47.0 Å². The molecule has 0 aliphatic carbocycles. The molecule has 1 rings (SSSR count). The molecule has 0 atom stereocenters. The summed E-state index contributed by atoms with van der Waals surface area (Å²) in [4.78, 5) is 39.0. The number of hydrogen-bond donors (Lipinski definition) is 1. The first-order valence-electron chi connectivity index (χ1n) is 8.30. The quantitative estimate of drug-likeness (QED) is 0.808. The number of hydrogen-bond acceptors (Lipinski definition) is 3. The summed E-state index contributed by atoms with van der Waals surface area (Å²) in [5.74, 6) is -0.874. The van der Waals surface area contributed by atoms with Crippen LogP contribution >= 0.6 is 0 Å². The van der Waals surface area contributed by atoms with Crippen LogP contribution in [-0.2, 0) is 14.4 Å². The van der Waals surface area contributed by atoms with Crippen LogP contribution in [0.4, 0.5) is 0 Å². The molecule has 6 heteroatoms. The van der Waals surface area contributed by atoms with Gasteiger partial charge in [0.05, 0.1) is 12.5 Å². The SMILES string of the molecule is CC(C)CC(C)(C)C(=O)N(C)CC(=O)N1CCC(C(=O)O)CC1. The van der Waals surface area contributed by atoms with E-state index in [2.05, 4.69) is 13.8 Å². The van der Waals surface area contributed by atoms with Crippen LogP contribution < -0.4 is 0 Å². The van der Waals surface area contributed by atoms with Crippen molar-refractivity contribution in [2.75, 3.05) is 26.7 Å². The number of carboxylic acids is 1. The Hall–Kier alpha value is -1.59. The number of nitrogens with zero attached hydrogens (tertiary/aromatic N) is 2. The van der Waals surface area contributed by atoms with Crippen molar-refractivity contribution in [2.45, 2.75) is 47.0 Å². The van der Waals surface area contributed by atoms with Gasteiger partial charge in [0.15, 0.2) is 0 Å². The van der Waals surface area contributed by atoms with Crippen LogP contribution in [0.5, 0.6) is 0 Å². The maximum atomic E-state index is 12.5. The largest absolute Gasteiger partial charge is 0.481 e. The minimum atomic E-state index is -0.792. The molecular weight excluding hydrogens is 296 g/mol. The fourth-order valence-electron chi connectivity index (χ4n) is 3.38. The summed E-state index contributed by atoms with van der Waals surface area (Å²) in [6, 6.07) is 0. The molecule has 2 amide bonds. The minimum absolute atomic E-state index is 0.0278. The molecule has 0 saturated carbocycles. The van der Waals surface area contributed by atoms with Gasteiger partial charge in [0, 0.05) is 25.6 Å². The summed E-state index contributed by atoms with van der Waals surface area (Å²) in [6.45, 7) is 8.93. The number of likely N-dealkylation sites (tertiary alicyclic amines) is 1. The fourth-order valence-corrected chi connectivity index (χ4v) is 3.38. The molecule has 0 bridgehead atoms. The highest BCUT2D eigenvalue weighted by molar-refractivity contribution is 5.87. The molecule has 0 spiro atoms. The van der Waals surface area contributed by atoms with Gasteiger partial charge in [-0.15, -0.1) is 0 Å². The van der Waals surface area contributed by atoms with E-state index in [1.807, 2.05) is 13.8 Å². The second-order valence-electron chi connectivity index (χ2n) is 7.64. The van der Waals surface area contributed by atoms with Gasteiger partial charge in [-0.2, -0.15) is 0 Å². The lowest BCUT2D eigenvalue weighted by molar-refractivity contribution is -0.148. The lowest BCUT2D eigenvalue weighted by atomic mass is 9.82. The summed E-state index contributed by atoms with van der Waals surface area (Å²) in [5.41, 5.74) is -0.487. The second kappa shape index (κ2) is 7.79. The van der Waals surface area contributed by atoms with Gasteiger partial charge in [0.2, 0.25) is 11.8 Å². The average molecular weight is 326 g/mol. The number of carbonyl (C=O) groups is 3. The predicted molar refractivity (Wildman–Crippen MR) is 87.8 cm³/mol. The summed E-state index contributed by atoms with van der Waals surface area (Å²) in [6.07, 6.45) is 1.74. The Morgan fingerprint density at radius 1 is 1.22 bits per heavy atom. The van der Waals surface area contributed by atoms with Gasteiger partial charge in [-0.05, 0) is 25.2 Å². The van der Waals surface area contributed by atoms with Gasteiger partial charge in [0.1, 0.15) is 0 Å². The van der Waals surface area contributed by atoms with Crippen LogP contribution in [0.2, 0.25) is 0 Å². The number of carboxylic acid groups (broad SMARTS) is 1. The highest BCUT2D eigenvalue weighted by Gasteiger charge is 2.33. The number of carbonyl (C=O) groups excluding carboxylic acids is 2. The van der Waals surface area contributed by atoms with Gasteiger partial charge in [-0.3, -0.25) is 14.4 Å².